The van der Waals surface area contributed by atoms with Gasteiger partial charge in [-0.1, -0.05) is 37.6 Å². The summed E-state index contributed by atoms with van der Waals surface area (Å²) in [7, 11) is -3.69. The Morgan fingerprint density at radius 3 is 2.71 bits per heavy atom. The van der Waals surface area contributed by atoms with Crippen LogP contribution in [-0.4, -0.2) is 32.4 Å². The number of para-hydroxylation sites is 1. The Bertz CT molecular complexity index is 1060. The highest BCUT2D eigenvalue weighted by atomic mass is 32.2. The molecule has 3 aromatic rings. The number of sulfonamides is 1. The number of fused-ring (bicyclic) bond motifs is 1. The molecule has 1 heterocycles. The summed E-state index contributed by atoms with van der Waals surface area (Å²) in [5.41, 5.74) is 2.43. The summed E-state index contributed by atoms with van der Waals surface area (Å²) in [5.74, 6) is -0.260. The number of carbonyl (C=O) groups excluding carboxylic acids is 1. The minimum Gasteiger partial charge on any atom is -0.361 e. The Kier molecular flexibility index (Phi) is 6.49. The molecule has 0 atom stereocenters. The molecule has 0 saturated carbocycles. The fourth-order valence-corrected chi connectivity index (χ4v) is 4.10. The third kappa shape index (κ3) is 4.79. The molecule has 6 nitrogen and oxygen atoms in total. The Balaban J connectivity index is 1.64. The number of amides is 1. The molecule has 3 rings (SSSR count). The van der Waals surface area contributed by atoms with E-state index in [0.717, 1.165) is 29.3 Å². The van der Waals surface area contributed by atoms with Gasteiger partial charge in [0, 0.05) is 35.8 Å². The van der Waals surface area contributed by atoms with Gasteiger partial charge < -0.3 is 10.3 Å². The van der Waals surface area contributed by atoms with Crippen LogP contribution >= 0.6 is 0 Å². The minimum atomic E-state index is -3.69. The molecule has 3 N–H and O–H groups in total. The van der Waals surface area contributed by atoms with Crippen LogP contribution in [0.25, 0.3) is 10.9 Å². The van der Waals surface area contributed by atoms with Gasteiger partial charge in [-0.3, -0.25) is 4.79 Å². The maximum atomic E-state index is 12.6. The molecule has 0 radical (unpaired) electrons. The first kappa shape index (κ1) is 20.1. The number of benzene rings is 2. The quantitative estimate of drug-likeness (QED) is 0.483. The predicted octanol–water partition coefficient (Wildman–Crippen LogP) is 3.22. The first-order valence-electron chi connectivity index (χ1n) is 9.44. The summed E-state index contributed by atoms with van der Waals surface area (Å²) in [5, 5.41) is 3.89. The molecule has 0 aliphatic rings. The van der Waals surface area contributed by atoms with E-state index in [-0.39, 0.29) is 17.3 Å². The Hall–Kier alpha value is -2.64. The van der Waals surface area contributed by atoms with Crippen molar-refractivity contribution >= 4 is 26.8 Å². The van der Waals surface area contributed by atoms with Gasteiger partial charge in [-0.25, -0.2) is 13.1 Å². The Morgan fingerprint density at radius 1 is 1.07 bits per heavy atom. The van der Waals surface area contributed by atoms with Crippen molar-refractivity contribution in [2.24, 2.45) is 0 Å². The number of H-pyrrole nitrogens is 1. The average Bonchev–Trinajstić information content (AvgIpc) is 3.11. The number of hydrogen-bond acceptors (Lipinski definition) is 3. The lowest BCUT2D eigenvalue weighted by molar-refractivity contribution is 0.0953. The largest absolute Gasteiger partial charge is 0.361 e. The van der Waals surface area contributed by atoms with Crippen LogP contribution < -0.4 is 10.0 Å². The topological polar surface area (TPSA) is 91.1 Å². The van der Waals surface area contributed by atoms with Crippen LogP contribution in [0.4, 0.5) is 0 Å². The van der Waals surface area contributed by atoms with Crippen molar-refractivity contribution in [3.63, 3.8) is 0 Å². The number of carbonyl (C=O) groups is 1. The lowest BCUT2D eigenvalue weighted by atomic mass is 10.1. The summed E-state index contributed by atoms with van der Waals surface area (Å²) < 4.78 is 27.8. The zero-order valence-corrected chi connectivity index (χ0v) is 16.7. The molecular weight excluding hydrogens is 374 g/mol. The molecule has 148 valence electrons. The van der Waals surface area contributed by atoms with E-state index < -0.39 is 10.0 Å². The molecule has 1 aromatic heterocycles. The van der Waals surface area contributed by atoms with E-state index in [0.29, 0.717) is 18.5 Å². The second kappa shape index (κ2) is 9.03. The van der Waals surface area contributed by atoms with Crippen molar-refractivity contribution in [1.82, 2.24) is 15.0 Å². The Morgan fingerprint density at radius 2 is 1.89 bits per heavy atom. The molecular formula is C21H25N3O3S. The number of hydrogen-bond donors (Lipinski definition) is 3. The number of unbranched alkanes of at least 4 members (excludes halogenated alkanes) is 1. The van der Waals surface area contributed by atoms with Gasteiger partial charge in [0.1, 0.15) is 0 Å². The third-order valence-electron chi connectivity index (χ3n) is 4.58. The summed E-state index contributed by atoms with van der Waals surface area (Å²) in [6.45, 7) is 2.90. The van der Waals surface area contributed by atoms with Gasteiger partial charge in [-0.2, -0.15) is 0 Å². The molecule has 0 fully saturated rings. The second-order valence-electron chi connectivity index (χ2n) is 6.64. The van der Waals surface area contributed by atoms with E-state index in [4.69, 9.17) is 0 Å². The third-order valence-corrected chi connectivity index (χ3v) is 6.04. The highest BCUT2D eigenvalue weighted by molar-refractivity contribution is 7.89. The summed E-state index contributed by atoms with van der Waals surface area (Å²) >= 11 is 0. The number of aromatic amines is 1. The molecule has 1 amide bonds. The Labute approximate surface area is 165 Å². The molecule has 0 bridgehead atoms. The maximum Gasteiger partial charge on any atom is 0.251 e. The zero-order chi connectivity index (χ0) is 20.0. The molecule has 28 heavy (non-hydrogen) atoms. The second-order valence-corrected chi connectivity index (χ2v) is 8.41. The molecule has 0 unspecified atom stereocenters. The van der Waals surface area contributed by atoms with Crippen LogP contribution in [0.15, 0.2) is 59.6 Å². The fourth-order valence-electron chi connectivity index (χ4n) is 3.03. The number of aromatic nitrogens is 1. The zero-order valence-electron chi connectivity index (χ0n) is 15.9. The molecule has 2 aromatic carbocycles. The van der Waals surface area contributed by atoms with Gasteiger partial charge >= 0.3 is 0 Å². The normalized spacial score (nSPS) is 11.6. The SMILES string of the molecule is CCCCNC(=O)c1cccc(S(=O)(=O)NCCc2c[nH]c3ccccc23)c1. The first-order valence-corrected chi connectivity index (χ1v) is 10.9. The highest BCUT2D eigenvalue weighted by Crippen LogP contribution is 2.18. The predicted molar refractivity (Wildman–Crippen MR) is 111 cm³/mol. The van der Waals surface area contributed by atoms with E-state index >= 15 is 0 Å². The molecule has 7 heteroatoms. The highest BCUT2D eigenvalue weighted by Gasteiger charge is 2.16. The summed E-state index contributed by atoms with van der Waals surface area (Å²) in [6, 6.07) is 14.0. The maximum absolute atomic E-state index is 12.6. The lowest BCUT2D eigenvalue weighted by Crippen LogP contribution is -2.27. The number of rotatable bonds is 9. The molecule has 0 aliphatic carbocycles. The van der Waals surface area contributed by atoms with Gasteiger partial charge in [0.05, 0.1) is 4.90 Å². The van der Waals surface area contributed by atoms with E-state index in [2.05, 4.69) is 15.0 Å². The van der Waals surface area contributed by atoms with Gasteiger partial charge in [-0.05, 0) is 42.7 Å². The van der Waals surface area contributed by atoms with Crippen LogP contribution in [-0.2, 0) is 16.4 Å². The van der Waals surface area contributed by atoms with E-state index in [1.165, 1.54) is 12.1 Å². The van der Waals surface area contributed by atoms with Crippen LogP contribution in [0, 0.1) is 0 Å². The van der Waals surface area contributed by atoms with Crippen LogP contribution in [0.3, 0.4) is 0 Å². The van der Waals surface area contributed by atoms with E-state index in [1.807, 2.05) is 37.4 Å². The van der Waals surface area contributed by atoms with Crippen molar-refractivity contribution in [2.75, 3.05) is 13.1 Å². The summed E-state index contributed by atoms with van der Waals surface area (Å²) in [6.07, 6.45) is 4.34. The monoisotopic (exact) mass is 399 g/mol. The molecule has 0 aliphatic heterocycles. The summed E-state index contributed by atoms with van der Waals surface area (Å²) in [4.78, 5) is 15.4. The van der Waals surface area contributed by atoms with Gasteiger partial charge in [-0.15, -0.1) is 0 Å². The van der Waals surface area contributed by atoms with E-state index in [9.17, 15) is 13.2 Å². The van der Waals surface area contributed by atoms with Gasteiger partial charge in [0.15, 0.2) is 0 Å². The van der Waals surface area contributed by atoms with Crippen LogP contribution in [0.5, 0.6) is 0 Å². The van der Waals surface area contributed by atoms with Crippen molar-refractivity contribution in [2.45, 2.75) is 31.1 Å². The smallest absolute Gasteiger partial charge is 0.251 e. The van der Waals surface area contributed by atoms with E-state index in [1.54, 1.807) is 12.1 Å². The van der Waals surface area contributed by atoms with Crippen molar-refractivity contribution in [1.29, 1.82) is 0 Å². The van der Waals surface area contributed by atoms with Crippen molar-refractivity contribution < 1.29 is 13.2 Å². The van der Waals surface area contributed by atoms with Gasteiger partial charge in [0.25, 0.3) is 5.91 Å². The number of nitrogens with one attached hydrogen (secondary N) is 3. The van der Waals surface area contributed by atoms with Crippen LogP contribution in [0.2, 0.25) is 0 Å². The minimum absolute atomic E-state index is 0.0922. The van der Waals surface area contributed by atoms with Crippen molar-refractivity contribution in [3.05, 3.63) is 65.9 Å². The van der Waals surface area contributed by atoms with Gasteiger partial charge in [0.2, 0.25) is 10.0 Å². The first-order chi connectivity index (χ1) is 13.5. The van der Waals surface area contributed by atoms with Crippen LogP contribution in [0.1, 0.15) is 35.7 Å². The van der Waals surface area contributed by atoms with Crippen molar-refractivity contribution in [3.8, 4) is 0 Å². The molecule has 0 spiro atoms. The lowest BCUT2D eigenvalue weighted by Gasteiger charge is -2.09. The molecule has 0 saturated heterocycles. The fraction of sp³-hybridized carbons (Fsp3) is 0.286. The average molecular weight is 400 g/mol. The standard InChI is InChI=1S/C21H25N3O3S/c1-2-3-12-22-21(25)16-7-6-8-18(14-16)28(26,27)24-13-11-17-15-23-20-10-5-4-9-19(17)20/h4-10,14-15,23-24H,2-3,11-13H2,1H3,(H,22,25).